The molecule has 1 unspecified atom stereocenters. The van der Waals surface area contributed by atoms with Gasteiger partial charge in [0.25, 0.3) is 0 Å². The summed E-state index contributed by atoms with van der Waals surface area (Å²) in [6, 6.07) is 12.6. The molecule has 1 aromatic heterocycles. The second-order valence-electron chi connectivity index (χ2n) is 4.29. The summed E-state index contributed by atoms with van der Waals surface area (Å²) >= 11 is 5.90. The summed E-state index contributed by atoms with van der Waals surface area (Å²) in [4.78, 5) is 0. The van der Waals surface area contributed by atoms with Gasteiger partial charge in [0.05, 0.1) is 0 Å². The Balaban J connectivity index is 2.01. The van der Waals surface area contributed by atoms with Crippen molar-refractivity contribution in [1.29, 1.82) is 0 Å². The standard InChI is InChI=1S/C15H10ClFO2/c16-11-3-6-13-10(7-11)8-14(19-13)15(18)9-1-4-12(17)5-2-9/h1-8,15,18H. The topological polar surface area (TPSA) is 33.4 Å². The predicted molar refractivity (Wildman–Crippen MR) is 71.7 cm³/mol. The Hall–Kier alpha value is -1.84. The summed E-state index contributed by atoms with van der Waals surface area (Å²) in [5.41, 5.74) is 1.23. The fourth-order valence-electron chi connectivity index (χ4n) is 1.98. The number of hydrogen-bond donors (Lipinski definition) is 1. The van der Waals surface area contributed by atoms with Gasteiger partial charge in [0.2, 0.25) is 0 Å². The monoisotopic (exact) mass is 276 g/mol. The van der Waals surface area contributed by atoms with Gasteiger partial charge in [-0.3, -0.25) is 0 Å². The highest BCUT2D eigenvalue weighted by molar-refractivity contribution is 6.31. The Kier molecular flexibility index (Phi) is 3.01. The molecule has 1 N–H and O–H groups in total. The van der Waals surface area contributed by atoms with Crippen LogP contribution in [0.3, 0.4) is 0 Å². The molecule has 0 aliphatic rings. The minimum absolute atomic E-state index is 0.340. The van der Waals surface area contributed by atoms with Gasteiger partial charge in [-0.15, -0.1) is 0 Å². The van der Waals surface area contributed by atoms with E-state index >= 15 is 0 Å². The lowest BCUT2D eigenvalue weighted by Gasteiger charge is -2.07. The first kappa shape index (κ1) is 12.2. The summed E-state index contributed by atoms with van der Waals surface area (Å²) in [7, 11) is 0. The second kappa shape index (κ2) is 4.68. The minimum atomic E-state index is -0.924. The van der Waals surface area contributed by atoms with E-state index in [-0.39, 0.29) is 5.82 Å². The van der Waals surface area contributed by atoms with Crippen LogP contribution in [-0.4, -0.2) is 5.11 Å². The van der Waals surface area contributed by atoms with Gasteiger partial charge in [-0.1, -0.05) is 23.7 Å². The van der Waals surface area contributed by atoms with Crippen molar-refractivity contribution in [2.24, 2.45) is 0 Å². The Morgan fingerprint density at radius 2 is 1.79 bits per heavy atom. The third-order valence-electron chi connectivity index (χ3n) is 2.95. The third-order valence-corrected chi connectivity index (χ3v) is 3.19. The van der Waals surface area contributed by atoms with Crippen molar-refractivity contribution < 1.29 is 13.9 Å². The van der Waals surface area contributed by atoms with Crippen LogP contribution < -0.4 is 0 Å². The molecule has 96 valence electrons. The lowest BCUT2D eigenvalue weighted by atomic mass is 10.1. The largest absolute Gasteiger partial charge is 0.458 e. The van der Waals surface area contributed by atoms with E-state index in [1.54, 1.807) is 24.3 Å². The van der Waals surface area contributed by atoms with Crippen LogP contribution in [0.4, 0.5) is 4.39 Å². The molecule has 0 aliphatic heterocycles. The molecule has 0 spiro atoms. The fraction of sp³-hybridized carbons (Fsp3) is 0.0667. The Morgan fingerprint density at radius 3 is 2.53 bits per heavy atom. The number of benzene rings is 2. The highest BCUT2D eigenvalue weighted by Crippen LogP contribution is 2.29. The highest BCUT2D eigenvalue weighted by atomic mass is 35.5. The number of rotatable bonds is 2. The van der Waals surface area contributed by atoms with E-state index in [0.29, 0.717) is 21.9 Å². The molecule has 0 aliphatic carbocycles. The zero-order chi connectivity index (χ0) is 13.4. The first-order chi connectivity index (χ1) is 9.13. The molecule has 1 heterocycles. The van der Waals surface area contributed by atoms with Gasteiger partial charge < -0.3 is 9.52 Å². The molecule has 0 amide bonds. The molecular weight excluding hydrogens is 267 g/mol. The molecule has 0 radical (unpaired) electrons. The summed E-state index contributed by atoms with van der Waals surface area (Å²) in [6.45, 7) is 0. The lowest BCUT2D eigenvalue weighted by molar-refractivity contribution is 0.192. The molecule has 19 heavy (non-hydrogen) atoms. The maximum absolute atomic E-state index is 12.8. The Morgan fingerprint density at radius 1 is 1.05 bits per heavy atom. The Labute approximate surface area is 114 Å². The van der Waals surface area contributed by atoms with Crippen molar-refractivity contribution in [3.63, 3.8) is 0 Å². The summed E-state index contributed by atoms with van der Waals surface area (Å²) < 4.78 is 18.4. The van der Waals surface area contributed by atoms with E-state index in [1.807, 2.05) is 0 Å². The van der Waals surface area contributed by atoms with Crippen LogP contribution >= 0.6 is 11.6 Å². The van der Waals surface area contributed by atoms with Crippen molar-refractivity contribution >= 4 is 22.6 Å². The molecule has 4 heteroatoms. The van der Waals surface area contributed by atoms with Gasteiger partial charge in [-0.05, 0) is 42.0 Å². The molecule has 3 rings (SSSR count). The number of aliphatic hydroxyl groups is 1. The van der Waals surface area contributed by atoms with E-state index in [1.165, 1.54) is 24.3 Å². The van der Waals surface area contributed by atoms with Gasteiger partial charge in [0.1, 0.15) is 23.3 Å². The van der Waals surface area contributed by atoms with Gasteiger partial charge in [-0.25, -0.2) is 4.39 Å². The molecule has 0 saturated heterocycles. The first-order valence-corrected chi connectivity index (χ1v) is 6.14. The molecule has 0 bridgehead atoms. The van der Waals surface area contributed by atoms with Gasteiger partial charge in [0, 0.05) is 10.4 Å². The van der Waals surface area contributed by atoms with Crippen LogP contribution in [0.2, 0.25) is 5.02 Å². The summed E-state index contributed by atoms with van der Waals surface area (Å²) in [5.74, 6) is 0.0659. The van der Waals surface area contributed by atoms with E-state index in [0.717, 1.165) is 5.39 Å². The quantitative estimate of drug-likeness (QED) is 0.757. The lowest BCUT2D eigenvalue weighted by Crippen LogP contribution is -1.97. The predicted octanol–water partition coefficient (Wildman–Crippen LogP) is 4.31. The zero-order valence-corrected chi connectivity index (χ0v) is 10.6. The van der Waals surface area contributed by atoms with Crippen molar-refractivity contribution in [2.75, 3.05) is 0 Å². The highest BCUT2D eigenvalue weighted by Gasteiger charge is 2.15. The maximum atomic E-state index is 12.8. The third kappa shape index (κ3) is 2.35. The van der Waals surface area contributed by atoms with Crippen LogP contribution in [0.15, 0.2) is 52.9 Å². The van der Waals surface area contributed by atoms with Crippen molar-refractivity contribution in [3.8, 4) is 0 Å². The molecule has 2 aromatic carbocycles. The Bertz CT molecular complexity index is 719. The van der Waals surface area contributed by atoms with Crippen LogP contribution in [0, 0.1) is 5.82 Å². The molecule has 0 fully saturated rings. The van der Waals surface area contributed by atoms with E-state index < -0.39 is 6.10 Å². The summed E-state index contributed by atoms with van der Waals surface area (Å²) in [6.07, 6.45) is -0.924. The first-order valence-electron chi connectivity index (χ1n) is 5.76. The average molecular weight is 277 g/mol. The van der Waals surface area contributed by atoms with E-state index in [9.17, 15) is 9.50 Å². The van der Waals surface area contributed by atoms with Crippen LogP contribution in [0.1, 0.15) is 17.4 Å². The normalized spacial score (nSPS) is 12.8. The van der Waals surface area contributed by atoms with Crippen molar-refractivity contribution in [3.05, 3.63) is 70.7 Å². The number of hydrogen-bond acceptors (Lipinski definition) is 2. The second-order valence-corrected chi connectivity index (χ2v) is 4.72. The van der Waals surface area contributed by atoms with Crippen LogP contribution in [0.25, 0.3) is 11.0 Å². The molecular formula is C15H10ClFO2. The number of fused-ring (bicyclic) bond motifs is 1. The maximum Gasteiger partial charge on any atom is 0.138 e. The van der Waals surface area contributed by atoms with Crippen LogP contribution in [0.5, 0.6) is 0 Å². The molecule has 0 saturated carbocycles. The number of furan rings is 1. The average Bonchev–Trinajstić information content (AvgIpc) is 2.81. The van der Waals surface area contributed by atoms with Crippen molar-refractivity contribution in [1.82, 2.24) is 0 Å². The van der Waals surface area contributed by atoms with Gasteiger partial charge in [0.15, 0.2) is 0 Å². The van der Waals surface area contributed by atoms with E-state index in [4.69, 9.17) is 16.0 Å². The number of aliphatic hydroxyl groups excluding tert-OH is 1. The van der Waals surface area contributed by atoms with E-state index in [2.05, 4.69) is 0 Å². The molecule has 3 aromatic rings. The zero-order valence-electron chi connectivity index (χ0n) is 9.81. The van der Waals surface area contributed by atoms with Crippen LogP contribution in [-0.2, 0) is 0 Å². The molecule has 1 atom stereocenters. The SMILES string of the molecule is OC(c1ccc(F)cc1)c1cc2cc(Cl)ccc2o1. The minimum Gasteiger partial charge on any atom is -0.458 e. The number of halogens is 2. The van der Waals surface area contributed by atoms with Gasteiger partial charge in [-0.2, -0.15) is 0 Å². The smallest absolute Gasteiger partial charge is 0.138 e. The molecule has 2 nitrogen and oxygen atoms in total. The summed E-state index contributed by atoms with van der Waals surface area (Å²) in [5, 5.41) is 11.6. The van der Waals surface area contributed by atoms with Gasteiger partial charge >= 0.3 is 0 Å². The fourth-order valence-corrected chi connectivity index (χ4v) is 2.16. The van der Waals surface area contributed by atoms with Crippen molar-refractivity contribution in [2.45, 2.75) is 6.10 Å².